The van der Waals surface area contributed by atoms with E-state index in [-0.39, 0.29) is 36.7 Å². The Labute approximate surface area is 213 Å². The molecule has 0 aliphatic rings. The van der Waals surface area contributed by atoms with Crippen LogP contribution in [0, 0.1) is 0 Å². The normalized spacial score (nSPS) is 9.67. The third kappa shape index (κ3) is 21.5. The molecule has 1 rings (SSSR count). The van der Waals surface area contributed by atoms with Crippen molar-refractivity contribution in [3.63, 3.8) is 0 Å². The third-order valence-corrected chi connectivity index (χ3v) is 4.46. The molecule has 4 N–H and O–H groups in total. The molecule has 0 saturated carbocycles. The van der Waals surface area contributed by atoms with Crippen molar-refractivity contribution in [3.05, 3.63) is 35.4 Å². The van der Waals surface area contributed by atoms with Gasteiger partial charge in [0.1, 0.15) is 0 Å². The van der Waals surface area contributed by atoms with Crippen LogP contribution in [0.1, 0.15) is 98.8 Å². The number of carbonyl (C=O) groups is 4. The van der Waals surface area contributed by atoms with Gasteiger partial charge in [-0.15, -0.1) is 0 Å². The molecule has 206 valence electrons. The van der Waals surface area contributed by atoms with Crippen LogP contribution in [0.25, 0.3) is 0 Å². The highest BCUT2D eigenvalue weighted by molar-refractivity contribution is 6.02. The number of carboxylic acids is 2. The first-order chi connectivity index (χ1) is 17.2. The van der Waals surface area contributed by atoms with E-state index in [4.69, 9.17) is 29.9 Å². The van der Waals surface area contributed by atoms with Crippen molar-refractivity contribution in [3.8, 4) is 0 Å². The molecule has 10 nitrogen and oxygen atoms in total. The Morgan fingerprint density at radius 2 is 1.19 bits per heavy atom. The van der Waals surface area contributed by atoms with Crippen LogP contribution in [0.4, 0.5) is 0 Å². The standard InChI is InChI=1S/C12H14O4.C10H18O4.C4H10O2/c1-2-3-8-16-12(15)10-7-5-4-6-9(10)11(13)14;1-2-3-8-14-10(13)7-5-4-6-9(11)12;5-3-1-2-4-6/h4-7H,2-3,8H2,1H3,(H,13,14);2-8H2,1H3,(H,11,12);5-6H,1-4H2. The molecule has 1 aromatic carbocycles. The molecule has 36 heavy (non-hydrogen) atoms. The lowest BCUT2D eigenvalue weighted by atomic mass is 10.1. The highest BCUT2D eigenvalue weighted by atomic mass is 16.5. The number of benzene rings is 1. The largest absolute Gasteiger partial charge is 0.481 e. The molecule has 1 aromatic rings. The monoisotopic (exact) mass is 514 g/mol. The molecule has 0 aliphatic heterocycles. The Morgan fingerprint density at radius 3 is 1.67 bits per heavy atom. The van der Waals surface area contributed by atoms with Crippen molar-refractivity contribution in [2.75, 3.05) is 26.4 Å². The van der Waals surface area contributed by atoms with E-state index in [0.29, 0.717) is 32.5 Å². The average Bonchev–Trinajstić information content (AvgIpc) is 2.86. The fraction of sp³-hybridized carbons (Fsp3) is 0.615. The number of aliphatic hydroxyl groups is 2. The first-order valence-electron chi connectivity index (χ1n) is 12.3. The summed E-state index contributed by atoms with van der Waals surface area (Å²) in [5.41, 5.74) is 0.0788. The topological polar surface area (TPSA) is 168 Å². The summed E-state index contributed by atoms with van der Waals surface area (Å²) in [6.45, 7) is 5.21. The predicted octanol–water partition coefficient (Wildman–Crippen LogP) is 4.07. The number of esters is 2. The number of unbranched alkanes of at least 4 members (excludes halogenated alkanes) is 4. The molecule has 0 unspecified atom stereocenters. The number of aromatic carboxylic acids is 1. The second-order valence-corrected chi connectivity index (χ2v) is 7.67. The van der Waals surface area contributed by atoms with Crippen LogP contribution in [0.15, 0.2) is 24.3 Å². The number of aliphatic hydroxyl groups excluding tert-OH is 2. The summed E-state index contributed by atoms with van der Waals surface area (Å²) in [6, 6.07) is 6.03. The Bertz CT molecular complexity index is 729. The van der Waals surface area contributed by atoms with E-state index >= 15 is 0 Å². The molecule has 0 aromatic heterocycles. The highest BCUT2D eigenvalue weighted by Gasteiger charge is 2.16. The summed E-state index contributed by atoms with van der Waals surface area (Å²) in [6.07, 6.45) is 6.63. The van der Waals surface area contributed by atoms with Crippen molar-refractivity contribution < 1.29 is 49.1 Å². The van der Waals surface area contributed by atoms with Gasteiger partial charge in [-0.3, -0.25) is 9.59 Å². The average molecular weight is 515 g/mol. The molecule has 0 saturated heterocycles. The number of carbonyl (C=O) groups excluding carboxylic acids is 2. The predicted molar refractivity (Wildman–Crippen MR) is 134 cm³/mol. The molecule has 0 spiro atoms. The Kier molecular flexibility index (Phi) is 24.6. The van der Waals surface area contributed by atoms with Crippen LogP contribution in [-0.4, -0.2) is 70.7 Å². The zero-order valence-electron chi connectivity index (χ0n) is 21.4. The molecule has 0 heterocycles. The number of hydrogen-bond acceptors (Lipinski definition) is 8. The van der Waals surface area contributed by atoms with Gasteiger partial charge >= 0.3 is 23.9 Å². The van der Waals surface area contributed by atoms with Gasteiger partial charge < -0.3 is 29.9 Å². The van der Waals surface area contributed by atoms with Crippen molar-refractivity contribution in [2.24, 2.45) is 0 Å². The summed E-state index contributed by atoms with van der Waals surface area (Å²) >= 11 is 0. The quantitative estimate of drug-likeness (QED) is 0.186. The van der Waals surface area contributed by atoms with Crippen molar-refractivity contribution in [1.82, 2.24) is 0 Å². The maximum absolute atomic E-state index is 11.6. The second-order valence-electron chi connectivity index (χ2n) is 7.67. The Morgan fingerprint density at radius 1 is 0.694 bits per heavy atom. The van der Waals surface area contributed by atoms with Crippen LogP contribution in [0.2, 0.25) is 0 Å². The number of carboxylic acid groups (broad SMARTS) is 2. The first-order valence-corrected chi connectivity index (χ1v) is 12.3. The van der Waals surface area contributed by atoms with Crippen LogP contribution >= 0.6 is 0 Å². The van der Waals surface area contributed by atoms with E-state index in [1.165, 1.54) is 12.1 Å². The van der Waals surface area contributed by atoms with Crippen molar-refractivity contribution in [1.29, 1.82) is 0 Å². The Hall–Kier alpha value is -2.98. The van der Waals surface area contributed by atoms with Crippen LogP contribution < -0.4 is 0 Å². The molecule has 0 bridgehead atoms. The van der Waals surface area contributed by atoms with Gasteiger partial charge in [-0.2, -0.15) is 0 Å². The molecular formula is C26H42O10. The third-order valence-electron chi connectivity index (χ3n) is 4.46. The molecule has 0 aliphatic carbocycles. The van der Waals surface area contributed by atoms with Gasteiger partial charge in [0.2, 0.25) is 0 Å². The number of ether oxygens (including phenoxy) is 2. The Balaban J connectivity index is 0. The number of aliphatic carboxylic acids is 1. The fourth-order valence-electron chi connectivity index (χ4n) is 2.41. The van der Waals surface area contributed by atoms with Crippen molar-refractivity contribution >= 4 is 23.9 Å². The smallest absolute Gasteiger partial charge is 0.339 e. The van der Waals surface area contributed by atoms with E-state index in [9.17, 15) is 19.2 Å². The molecule has 0 amide bonds. The van der Waals surface area contributed by atoms with Gasteiger partial charge in [0.25, 0.3) is 0 Å². The van der Waals surface area contributed by atoms with E-state index in [0.717, 1.165) is 38.5 Å². The molecular weight excluding hydrogens is 472 g/mol. The van der Waals surface area contributed by atoms with Gasteiger partial charge in [0.15, 0.2) is 0 Å². The second kappa shape index (κ2) is 25.1. The lowest BCUT2D eigenvalue weighted by molar-refractivity contribution is -0.144. The maximum Gasteiger partial charge on any atom is 0.339 e. The van der Waals surface area contributed by atoms with Gasteiger partial charge in [0.05, 0.1) is 24.3 Å². The minimum absolute atomic E-state index is 0.0241. The maximum atomic E-state index is 11.6. The lowest BCUT2D eigenvalue weighted by Gasteiger charge is -2.06. The minimum Gasteiger partial charge on any atom is -0.481 e. The summed E-state index contributed by atoms with van der Waals surface area (Å²) < 4.78 is 9.86. The van der Waals surface area contributed by atoms with E-state index in [1.807, 2.05) is 13.8 Å². The summed E-state index contributed by atoms with van der Waals surface area (Å²) in [4.78, 5) is 43.5. The number of hydrogen-bond donors (Lipinski definition) is 4. The van der Waals surface area contributed by atoms with E-state index < -0.39 is 17.9 Å². The number of rotatable bonds is 16. The van der Waals surface area contributed by atoms with Gasteiger partial charge in [-0.1, -0.05) is 38.8 Å². The van der Waals surface area contributed by atoms with E-state index in [1.54, 1.807) is 12.1 Å². The van der Waals surface area contributed by atoms with Gasteiger partial charge in [0, 0.05) is 26.1 Å². The van der Waals surface area contributed by atoms with Crippen LogP contribution in [-0.2, 0) is 19.1 Å². The summed E-state index contributed by atoms with van der Waals surface area (Å²) in [7, 11) is 0. The highest BCUT2D eigenvalue weighted by Crippen LogP contribution is 2.10. The fourth-order valence-corrected chi connectivity index (χ4v) is 2.41. The molecule has 0 fully saturated rings. The van der Waals surface area contributed by atoms with E-state index in [2.05, 4.69) is 0 Å². The molecule has 0 radical (unpaired) electrons. The molecule has 10 heteroatoms. The SMILES string of the molecule is CCCCOC(=O)CCCCC(=O)O.CCCCOC(=O)c1ccccc1C(=O)O.OCCCCO. The first kappa shape index (κ1) is 35.2. The summed E-state index contributed by atoms with van der Waals surface area (Å²) in [5, 5.41) is 33.4. The minimum atomic E-state index is -1.12. The van der Waals surface area contributed by atoms with Gasteiger partial charge in [-0.25, -0.2) is 9.59 Å². The molecule has 0 atom stereocenters. The zero-order chi connectivity index (χ0) is 27.6. The van der Waals surface area contributed by atoms with Crippen molar-refractivity contribution in [2.45, 2.75) is 78.1 Å². The van der Waals surface area contributed by atoms with Crippen LogP contribution in [0.3, 0.4) is 0 Å². The summed E-state index contributed by atoms with van der Waals surface area (Å²) in [5.74, 6) is -2.73. The van der Waals surface area contributed by atoms with Gasteiger partial charge in [-0.05, 0) is 50.7 Å². The lowest BCUT2D eigenvalue weighted by Crippen LogP contribution is -2.12. The van der Waals surface area contributed by atoms with Crippen LogP contribution in [0.5, 0.6) is 0 Å². The zero-order valence-corrected chi connectivity index (χ0v) is 21.4.